The Morgan fingerprint density at radius 3 is 2.75 bits per heavy atom. The molecular formula is C22H23N2+. The molecule has 1 aromatic carbocycles. The second-order valence-corrected chi connectivity index (χ2v) is 7.19. The fourth-order valence-corrected chi connectivity index (χ4v) is 4.05. The van der Waals surface area contributed by atoms with Crippen molar-refractivity contribution in [3.8, 4) is 0 Å². The van der Waals surface area contributed by atoms with Crippen LogP contribution in [0.5, 0.6) is 0 Å². The van der Waals surface area contributed by atoms with Crippen LogP contribution in [0.2, 0.25) is 0 Å². The molecule has 0 amide bonds. The van der Waals surface area contributed by atoms with E-state index >= 15 is 0 Å². The van der Waals surface area contributed by atoms with E-state index in [9.17, 15) is 0 Å². The van der Waals surface area contributed by atoms with Crippen LogP contribution in [0.1, 0.15) is 32.8 Å². The zero-order chi connectivity index (χ0) is 16.9. The van der Waals surface area contributed by atoms with Crippen molar-refractivity contribution in [2.75, 3.05) is 7.05 Å². The van der Waals surface area contributed by atoms with E-state index in [-0.39, 0.29) is 5.41 Å². The van der Waals surface area contributed by atoms with Gasteiger partial charge in [0.15, 0.2) is 5.71 Å². The van der Waals surface area contributed by atoms with E-state index in [1.165, 1.54) is 28.1 Å². The highest BCUT2D eigenvalue weighted by atomic mass is 15.0. The summed E-state index contributed by atoms with van der Waals surface area (Å²) in [6.07, 6.45) is 11.9. The molecule has 0 atom stereocenters. The largest absolute Gasteiger partial charge is 0.253 e. The summed E-state index contributed by atoms with van der Waals surface area (Å²) in [4.78, 5) is 4.71. The first kappa shape index (κ1) is 15.1. The van der Waals surface area contributed by atoms with Gasteiger partial charge in [0.2, 0.25) is 5.69 Å². The maximum atomic E-state index is 4.71. The molecule has 2 heterocycles. The maximum Gasteiger partial charge on any atom is 0.209 e. The van der Waals surface area contributed by atoms with Crippen LogP contribution in [-0.4, -0.2) is 23.0 Å². The fourth-order valence-electron chi connectivity index (χ4n) is 4.05. The first-order chi connectivity index (χ1) is 11.5. The van der Waals surface area contributed by atoms with Crippen molar-refractivity contribution in [1.29, 1.82) is 0 Å². The van der Waals surface area contributed by atoms with Crippen LogP contribution in [0, 0.1) is 0 Å². The summed E-state index contributed by atoms with van der Waals surface area (Å²) in [6, 6.07) is 8.69. The highest BCUT2D eigenvalue weighted by Gasteiger charge is 2.42. The molecule has 0 saturated heterocycles. The summed E-state index contributed by atoms with van der Waals surface area (Å²) in [6.45, 7) is 6.71. The summed E-state index contributed by atoms with van der Waals surface area (Å²) < 4.78 is 2.32. The molecule has 0 bridgehead atoms. The molecule has 1 aromatic rings. The number of hydrogen-bond acceptors (Lipinski definition) is 1. The lowest BCUT2D eigenvalue weighted by molar-refractivity contribution is -0.401. The second-order valence-electron chi connectivity index (χ2n) is 7.19. The van der Waals surface area contributed by atoms with Crippen molar-refractivity contribution in [2.24, 2.45) is 4.99 Å². The van der Waals surface area contributed by atoms with Crippen LogP contribution in [0.4, 0.5) is 5.69 Å². The highest BCUT2D eigenvalue weighted by molar-refractivity contribution is 6.09. The van der Waals surface area contributed by atoms with Gasteiger partial charge in [-0.25, -0.2) is 0 Å². The molecule has 2 nitrogen and oxygen atoms in total. The molecule has 2 aliphatic heterocycles. The number of allylic oxidation sites excluding steroid dienone is 7. The normalized spacial score (nSPS) is 21.3. The van der Waals surface area contributed by atoms with Crippen LogP contribution in [0.25, 0.3) is 0 Å². The quantitative estimate of drug-likeness (QED) is 0.692. The Morgan fingerprint density at radius 1 is 1.17 bits per heavy atom. The molecule has 0 spiro atoms. The van der Waals surface area contributed by atoms with E-state index in [1.54, 1.807) is 0 Å². The summed E-state index contributed by atoms with van der Waals surface area (Å²) >= 11 is 0. The zero-order valence-corrected chi connectivity index (χ0v) is 14.8. The Labute approximate surface area is 143 Å². The van der Waals surface area contributed by atoms with E-state index in [0.717, 1.165) is 17.8 Å². The average molecular weight is 315 g/mol. The van der Waals surface area contributed by atoms with E-state index in [4.69, 9.17) is 4.99 Å². The molecule has 1 aliphatic carbocycles. The average Bonchev–Trinajstić information content (AvgIpc) is 2.99. The molecule has 24 heavy (non-hydrogen) atoms. The summed E-state index contributed by atoms with van der Waals surface area (Å²) in [5, 5.41) is 0. The topological polar surface area (TPSA) is 15.4 Å². The first-order valence-corrected chi connectivity index (χ1v) is 8.55. The van der Waals surface area contributed by atoms with E-state index in [1.807, 2.05) is 0 Å². The number of para-hydroxylation sites is 1. The smallest absolute Gasteiger partial charge is 0.209 e. The van der Waals surface area contributed by atoms with Crippen molar-refractivity contribution in [2.45, 2.75) is 32.6 Å². The van der Waals surface area contributed by atoms with E-state index in [0.29, 0.717) is 0 Å². The van der Waals surface area contributed by atoms with Crippen LogP contribution in [0.15, 0.2) is 76.5 Å². The summed E-state index contributed by atoms with van der Waals surface area (Å²) in [5.74, 6) is 0. The fraction of sp³-hybridized carbons (Fsp3) is 0.273. The number of aliphatic imine (C=N–C) groups is 1. The SMILES string of the molecule is CC1=NC2=CC=CCC2=C1/C=C/C1=[N+](C)c2ccccc2C1(C)C. The summed E-state index contributed by atoms with van der Waals surface area (Å²) in [5.41, 5.74) is 8.91. The Balaban J connectivity index is 1.76. The van der Waals surface area contributed by atoms with Crippen LogP contribution in [-0.2, 0) is 5.41 Å². The lowest BCUT2D eigenvalue weighted by atomic mass is 9.81. The minimum atomic E-state index is 0.0157. The van der Waals surface area contributed by atoms with E-state index < -0.39 is 0 Å². The van der Waals surface area contributed by atoms with Gasteiger partial charge in [0, 0.05) is 29.0 Å². The minimum Gasteiger partial charge on any atom is -0.253 e. The second kappa shape index (κ2) is 5.27. The molecule has 4 rings (SSSR count). The monoisotopic (exact) mass is 315 g/mol. The van der Waals surface area contributed by atoms with Gasteiger partial charge in [-0.05, 0) is 44.9 Å². The van der Waals surface area contributed by atoms with Gasteiger partial charge in [0.25, 0.3) is 0 Å². The van der Waals surface area contributed by atoms with Gasteiger partial charge in [0.05, 0.1) is 11.1 Å². The third kappa shape index (κ3) is 2.10. The summed E-state index contributed by atoms with van der Waals surface area (Å²) in [7, 11) is 2.16. The number of rotatable bonds is 2. The van der Waals surface area contributed by atoms with Crippen molar-refractivity contribution in [3.05, 3.63) is 77.1 Å². The molecule has 3 aliphatic rings. The zero-order valence-electron chi connectivity index (χ0n) is 14.8. The van der Waals surface area contributed by atoms with Gasteiger partial charge in [-0.1, -0.05) is 30.4 Å². The molecular weight excluding hydrogens is 292 g/mol. The van der Waals surface area contributed by atoms with Crippen LogP contribution < -0.4 is 0 Å². The molecule has 0 unspecified atom stereocenters. The predicted molar refractivity (Wildman–Crippen MR) is 101 cm³/mol. The highest BCUT2D eigenvalue weighted by Crippen LogP contribution is 2.39. The van der Waals surface area contributed by atoms with Crippen molar-refractivity contribution < 1.29 is 4.58 Å². The molecule has 0 radical (unpaired) electrons. The van der Waals surface area contributed by atoms with Gasteiger partial charge in [0.1, 0.15) is 7.05 Å². The number of nitrogens with zero attached hydrogens (tertiary/aromatic N) is 2. The lowest BCUT2D eigenvalue weighted by Crippen LogP contribution is -2.26. The number of fused-ring (bicyclic) bond motifs is 2. The van der Waals surface area contributed by atoms with Crippen LogP contribution in [0.3, 0.4) is 0 Å². The standard InChI is InChI=1S/C22H23N2/c1-15-16(17-9-5-7-11-19(17)23-15)13-14-21-22(2,3)18-10-6-8-12-20(18)24(21)4/h5-8,10-14H,9H2,1-4H3/q+1/b14-13+. The Bertz CT molecular complexity index is 915. The lowest BCUT2D eigenvalue weighted by Gasteiger charge is -2.15. The Kier molecular flexibility index (Phi) is 3.31. The number of hydrogen-bond donors (Lipinski definition) is 0. The van der Waals surface area contributed by atoms with Crippen molar-refractivity contribution >= 4 is 17.1 Å². The molecule has 0 fully saturated rings. The number of benzene rings is 1. The van der Waals surface area contributed by atoms with Gasteiger partial charge in [-0.15, -0.1) is 0 Å². The molecule has 0 saturated carbocycles. The predicted octanol–water partition coefficient (Wildman–Crippen LogP) is 4.86. The Morgan fingerprint density at radius 2 is 1.96 bits per heavy atom. The maximum absolute atomic E-state index is 4.71. The van der Waals surface area contributed by atoms with Gasteiger partial charge >= 0.3 is 0 Å². The van der Waals surface area contributed by atoms with Gasteiger partial charge < -0.3 is 0 Å². The third-order valence-corrected chi connectivity index (χ3v) is 5.37. The van der Waals surface area contributed by atoms with Crippen LogP contribution >= 0.6 is 0 Å². The van der Waals surface area contributed by atoms with Gasteiger partial charge in [-0.2, -0.15) is 4.58 Å². The Hall–Kier alpha value is -2.48. The molecule has 0 N–H and O–H groups in total. The van der Waals surface area contributed by atoms with Crippen molar-refractivity contribution in [1.82, 2.24) is 0 Å². The van der Waals surface area contributed by atoms with Gasteiger partial charge in [-0.3, -0.25) is 4.99 Å². The first-order valence-electron chi connectivity index (χ1n) is 8.55. The molecule has 120 valence electrons. The van der Waals surface area contributed by atoms with Crippen molar-refractivity contribution in [3.63, 3.8) is 0 Å². The molecule has 0 aromatic heterocycles. The third-order valence-electron chi connectivity index (χ3n) is 5.37. The minimum absolute atomic E-state index is 0.0157. The molecule has 2 heteroatoms. The van der Waals surface area contributed by atoms with E-state index in [2.05, 4.69) is 87.0 Å².